The molecule has 0 radical (unpaired) electrons. The van der Waals surface area contributed by atoms with Crippen LogP contribution < -0.4 is 25.0 Å². The Hall–Kier alpha value is -3.55. The minimum absolute atomic E-state index is 0.169. The van der Waals surface area contributed by atoms with E-state index < -0.39 is 11.8 Å². The molecule has 27 heavy (non-hydrogen) atoms. The van der Waals surface area contributed by atoms with Crippen LogP contribution in [0.1, 0.15) is 11.1 Å². The second-order valence-electron chi connectivity index (χ2n) is 5.79. The highest BCUT2D eigenvalue weighted by atomic mass is 16.7. The van der Waals surface area contributed by atoms with Gasteiger partial charge in [0.2, 0.25) is 6.79 Å². The summed E-state index contributed by atoms with van der Waals surface area (Å²) in [6.45, 7) is 1.76. The van der Waals surface area contributed by atoms with E-state index in [0.717, 1.165) is 11.1 Å². The van der Waals surface area contributed by atoms with Crippen LogP contribution in [0.3, 0.4) is 0 Å². The summed E-state index contributed by atoms with van der Waals surface area (Å²) in [5, 5.41) is 6.31. The molecule has 0 saturated heterocycles. The molecule has 1 aliphatic heterocycles. The molecule has 8 nitrogen and oxygen atoms in total. The number of ether oxygens (including phenoxy) is 3. The molecule has 2 aromatic carbocycles. The molecule has 1 heterocycles. The monoisotopic (exact) mass is 369 g/mol. The van der Waals surface area contributed by atoms with Crippen LogP contribution in [-0.2, 0) is 9.59 Å². The zero-order valence-corrected chi connectivity index (χ0v) is 14.7. The molecule has 0 spiro atoms. The molecule has 2 amide bonds. The Morgan fingerprint density at radius 3 is 2.85 bits per heavy atom. The van der Waals surface area contributed by atoms with Crippen LogP contribution in [0.15, 0.2) is 47.6 Å². The third kappa shape index (κ3) is 5.46. The van der Waals surface area contributed by atoms with Gasteiger partial charge in [-0.1, -0.05) is 12.1 Å². The van der Waals surface area contributed by atoms with Crippen LogP contribution in [-0.4, -0.2) is 38.0 Å². The summed E-state index contributed by atoms with van der Waals surface area (Å²) < 4.78 is 15.8. The van der Waals surface area contributed by atoms with E-state index in [0.29, 0.717) is 17.2 Å². The Bertz CT molecular complexity index is 866. The van der Waals surface area contributed by atoms with E-state index in [1.165, 1.54) is 6.21 Å². The van der Waals surface area contributed by atoms with Crippen LogP contribution in [0.5, 0.6) is 17.2 Å². The lowest BCUT2D eigenvalue weighted by atomic mass is 10.2. The van der Waals surface area contributed by atoms with Crippen molar-refractivity contribution >= 4 is 18.0 Å². The Balaban J connectivity index is 1.37. The molecule has 2 N–H and O–H groups in total. The zero-order chi connectivity index (χ0) is 19.1. The Labute approximate surface area is 156 Å². The molecule has 8 heteroatoms. The molecule has 0 atom stereocenters. The quantitative estimate of drug-likeness (QED) is 0.567. The first-order valence-electron chi connectivity index (χ1n) is 8.28. The first-order valence-corrected chi connectivity index (χ1v) is 8.28. The van der Waals surface area contributed by atoms with Crippen molar-refractivity contribution in [2.45, 2.75) is 6.92 Å². The maximum absolute atomic E-state index is 11.7. The third-order valence-corrected chi connectivity index (χ3v) is 3.61. The second kappa shape index (κ2) is 8.70. The van der Waals surface area contributed by atoms with Crippen molar-refractivity contribution < 1.29 is 23.8 Å². The van der Waals surface area contributed by atoms with E-state index in [4.69, 9.17) is 14.2 Å². The number of hydrazone groups is 1. The van der Waals surface area contributed by atoms with Crippen molar-refractivity contribution in [3.63, 3.8) is 0 Å². The highest BCUT2D eigenvalue weighted by Crippen LogP contribution is 2.31. The number of benzene rings is 2. The van der Waals surface area contributed by atoms with Crippen molar-refractivity contribution in [1.82, 2.24) is 10.7 Å². The maximum atomic E-state index is 11.7. The number of rotatable bonds is 7. The van der Waals surface area contributed by atoms with Gasteiger partial charge in [0.05, 0.1) is 12.8 Å². The van der Waals surface area contributed by atoms with Gasteiger partial charge in [0.1, 0.15) is 5.75 Å². The first-order chi connectivity index (χ1) is 13.1. The lowest BCUT2D eigenvalue weighted by Gasteiger charge is -2.07. The van der Waals surface area contributed by atoms with Gasteiger partial charge in [0.15, 0.2) is 18.1 Å². The standard InChI is InChI=1S/C19H19N3O5/c1-13-3-2-4-15(7-13)25-11-19(24)20-10-18(23)22-21-9-14-5-6-16-17(8-14)27-12-26-16/h2-9H,10-12H2,1H3,(H,20,24)(H,22,23)/b21-9+. The van der Waals surface area contributed by atoms with Crippen LogP contribution in [0.4, 0.5) is 0 Å². The summed E-state index contributed by atoms with van der Waals surface area (Å²) in [4.78, 5) is 23.4. The van der Waals surface area contributed by atoms with Gasteiger partial charge < -0.3 is 19.5 Å². The van der Waals surface area contributed by atoms with Gasteiger partial charge in [-0.05, 0) is 48.4 Å². The summed E-state index contributed by atoms with van der Waals surface area (Å²) in [5.74, 6) is 1.06. The lowest BCUT2D eigenvalue weighted by molar-refractivity contribution is -0.127. The van der Waals surface area contributed by atoms with Gasteiger partial charge in [-0.3, -0.25) is 9.59 Å². The smallest absolute Gasteiger partial charge is 0.259 e. The molecule has 140 valence electrons. The Kier molecular flexibility index (Phi) is 5.88. The van der Waals surface area contributed by atoms with Crippen molar-refractivity contribution in [1.29, 1.82) is 0 Å². The van der Waals surface area contributed by atoms with Gasteiger partial charge in [-0.15, -0.1) is 0 Å². The molecule has 0 aromatic heterocycles. The van der Waals surface area contributed by atoms with Crippen LogP contribution >= 0.6 is 0 Å². The minimum atomic E-state index is -0.448. The van der Waals surface area contributed by atoms with E-state index in [9.17, 15) is 9.59 Å². The summed E-state index contributed by atoms with van der Waals surface area (Å²) in [6.07, 6.45) is 1.47. The summed E-state index contributed by atoms with van der Waals surface area (Å²) in [7, 11) is 0. The maximum Gasteiger partial charge on any atom is 0.259 e. The molecule has 0 unspecified atom stereocenters. The van der Waals surface area contributed by atoms with E-state index in [1.54, 1.807) is 24.3 Å². The molecule has 3 rings (SSSR count). The summed E-state index contributed by atoms with van der Waals surface area (Å²) >= 11 is 0. The largest absolute Gasteiger partial charge is 0.484 e. The fourth-order valence-corrected chi connectivity index (χ4v) is 2.30. The van der Waals surface area contributed by atoms with Gasteiger partial charge in [-0.25, -0.2) is 5.43 Å². The molecule has 0 aliphatic carbocycles. The van der Waals surface area contributed by atoms with E-state index >= 15 is 0 Å². The molecule has 0 fully saturated rings. The predicted octanol–water partition coefficient (Wildman–Crippen LogP) is 1.37. The number of hydrogen-bond donors (Lipinski definition) is 2. The van der Waals surface area contributed by atoms with Gasteiger partial charge >= 0.3 is 0 Å². The van der Waals surface area contributed by atoms with E-state index in [1.807, 2.05) is 25.1 Å². The number of fused-ring (bicyclic) bond motifs is 1. The Morgan fingerprint density at radius 2 is 2.00 bits per heavy atom. The number of nitrogens with one attached hydrogen (secondary N) is 2. The second-order valence-corrected chi connectivity index (χ2v) is 5.79. The van der Waals surface area contributed by atoms with Gasteiger partial charge in [0, 0.05) is 0 Å². The molecular formula is C19H19N3O5. The molecule has 0 bridgehead atoms. The van der Waals surface area contributed by atoms with Crippen molar-refractivity contribution in [2.75, 3.05) is 19.9 Å². The molecular weight excluding hydrogens is 350 g/mol. The number of nitrogens with zero attached hydrogens (tertiary/aromatic N) is 1. The number of amides is 2. The van der Waals surface area contributed by atoms with Crippen molar-refractivity contribution in [2.24, 2.45) is 5.10 Å². The van der Waals surface area contributed by atoms with Crippen molar-refractivity contribution in [3.8, 4) is 17.2 Å². The topological polar surface area (TPSA) is 98.2 Å². The van der Waals surface area contributed by atoms with Crippen LogP contribution in [0.2, 0.25) is 0 Å². The predicted molar refractivity (Wildman–Crippen MR) is 98.0 cm³/mol. The van der Waals surface area contributed by atoms with Crippen LogP contribution in [0.25, 0.3) is 0 Å². The number of carbonyl (C=O) groups excluding carboxylic acids is 2. The number of carbonyl (C=O) groups is 2. The SMILES string of the molecule is Cc1cccc(OCC(=O)NCC(=O)N/N=C/c2ccc3c(c2)OCO3)c1. The lowest BCUT2D eigenvalue weighted by Crippen LogP contribution is -2.37. The van der Waals surface area contributed by atoms with Gasteiger partial charge in [-0.2, -0.15) is 5.10 Å². The molecule has 1 aliphatic rings. The summed E-state index contributed by atoms with van der Waals surface area (Å²) in [6, 6.07) is 12.7. The average Bonchev–Trinajstić information content (AvgIpc) is 3.12. The third-order valence-electron chi connectivity index (χ3n) is 3.61. The number of hydrogen-bond acceptors (Lipinski definition) is 6. The minimum Gasteiger partial charge on any atom is -0.484 e. The van der Waals surface area contributed by atoms with Crippen LogP contribution in [0, 0.1) is 6.92 Å². The summed E-state index contributed by atoms with van der Waals surface area (Å²) in [5.41, 5.74) is 4.12. The zero-order valence-electron chi connectivity index (χ0n) is 14.7. The molecule has 2 aromatic rings. The highest BCUT2D eigenvalue weighted by molar-refractivity contribution is 5.87. The van der Waals surface area contributed by atoms with E-state index in [2.05, 4.69) is 15.8 Å². The number of aryl methyl sites for hydroxylation is 1. The molecule has 0 saturated carbocycles. The normalized spacial score (nSPS) is 12.0. The first kappa shape index (κ1) is 18.2. The van der Waals surface area contributed by atoms with E-state index in [-0.39, 0.29) is 19.9 Å². The highest BCUT2D eigenvalue weighted by Gasteiger charge is 2.12. The van der Waals surface area contributed by atoms with Crippen molar-refractivity contribution in [3.05, 3.63) is 53.6 Å². The fourth-order valence-electron chi connectivity index (χ4n) is 2.30. The van der Waals surface area contributed by atoms with Gasteiger partial charge in [0.25, 0.3) is 11.8 Å². The Morgan fingerprint density at radius 1 is 1.15 bits per heavy atom. The average molecular weight is 369 g/mol. The fraction of sp³-hybridized carbons (Fsp3) is 0.211.